The van der Waals surface area contributed by atoms with Gasteiger partial charge < -0.3 is 15.2 Å². The zero-order chi connectivity index (χ0) is 18.1. The number of urea groups is 1. The molecule has 3 atom stereocenters. The molecule has 1 fully saturated rings. The molecule has 1 aliphatic carbocycles. The summed E-state index contributed by atoms with van der Waals surface area (Å²) in [6, 6.07) is 6.33. The molecule has 1 aromatic carbocycles. The van der Waals surface area contributed by atoms with Crippen LogP contribution in [0.1, 0.15) is 55.8 Å². The van der Waals surface area contributed by atoms with Gasteiger partial charge in [0.05, 0.1) is 12.0 Å². The quantitative estimate of drug-likeness (QED) is 0.842. The Balaban J connectivity index is 1.56. The maximum absolute atomic E-state index is 12.9. The van der Waals surface area contributed by atoms with Gasteiger partial charge in [0.25, 0.3) is 0 Å². The van der Waals surface area contributed by atoms with Gasteiger partial charge in [-0.05, 0) is 54.7 Å². The number of nitrogens with one attached hydrogen (secondary N) is 2. The van der Waals surface area contributed by atoms with Gasteiger partial charge >= 0.3 is 6.03 Å². The van der Waals surface area contributed by atoms with Crippen molar-refractivity contribution in [3.8, 4) is 0 Å². The molecule has 3 unspecified atom stereocenters. The third kappa shape index (κ3) is 3.35. The Morgan fingerprint density at radius 1 is 1.27 bits per heavy atom. The standard InChI is InChI=1S/C21H28N4O/c1-14-9-15(2)12-25(11-14)21(26)24-19-8-4-5-16-17(19)6-3-7-18(16)20-10-22-13-23-20/h4-5,8,10,13-15,18H,3,6-7,9,11-12H2,1-2H3,(H,22,23)(H,24,26). The minimum atomic E-state index is 0.0405. The Morgan fingerprint density at radius 3 is 2.81 bits per heavy atom. The van der Waals surface area contributed by atoms with Crippen LogP contribution in [0.2, 0.25) is 0 Å². The molecule has 2 N–H and O–H groups in total. The number of nitrogens with zero attached hydrogens (tertiary/aromatic N) is 2. The smallest absolute Gasteiger partial charge is 0.321 e. The number of piperidine rings is 1. The van der Waals surface area contributed by atoms with E-state index in [1.54, 1.807) is 6.33 Å². The van der Waals surface area contributed by atoms with Gasteiger partial charge in [-0.15, -0.1) is 0 Å². The fourth-order valence-electron chi connectivity index (χ4n) is 4.76. The van der Waals surface area contributed by atoms with Crippen LogP contribution < -0.4 is 5.32 Å². The van der Waals surface area contributed by atoms with E-state index >= 15 is 0 Å². The molecule has 1 saturated heterocycles. The molecule has 1 aliphatic heterocycles. The van der Waals surface area contributed by atoms with E-state index in [-0.39, 0.29) is 6.03 Å². The van der Waals surface area contributed by atoms with E-state index in [0.29, 0.717) is 17.8 Å². The van der Waals surface area contributed by atoms with Crippen LogP contribution >= 0.6 is 0 Å². The number of likely N-dealkylation sites (tertiary alicyclic amines) is 1. The molecule has 2 heterocycles. The van der Waals surface area contributed by atoms with E-state index in [0.717, 1.165) is 43.7 Å². The number of imidazole rings is 1. The minimum absolute atomic E-state index is 0.0405. The molecule has 2 aromatic rings. The predicted octanol–water partition coefficient (Wildman–Crippen LogP) is 4.39. The van der Waals surface area contributed by atoms with Gasteiger partial charge in [0.15, 0.2) is 0 Å². The molecule has 0 bridgehead atoms. The normalized spacial score (nSPS) is 25.6. The molecule has 138 valence electrons. The number of carbonyl (C=O) groups excluding carboxylic acids is 1. The first-order chi connectivity index (χ1) is 12.6. The highest BCUT2D eigenvalue weighted by molar-refractivity contribution is 5.90. The van der Waals surface area contributed by atoms with Gasteiger partial charge in [0.2, 0.25) is 0 Å². The summed E-state index contributed by atoms with van der Waals surface area (Å²) in [5.74, 6) is 1.45. The van der Waals surface area contributed by atoms with E-state index in [9.17, 15) is 4.79 Å². The largest absolute Gasteiger partial charge is 0.351 e. The minimum Gasteiger partial charge on any atom is -0.351 e. The Kier molecular flexibility index (Phi) is 4.70. The Hall–Kier alpha value is -2.30. The van der Waals surface area contributed by atoms with E-state index < -0.39 is 0 Å². The summed E-state index contributed by atoms with van der Waals surface area (Å²) >= 11 is 0. The Bertz CT molecular complexity index is 760. The van der Waals surface area contributed by atoms with Crippen molar-refractivity contribution in [1.29, 1.82) is 0 Å². The van der Waals surface area contributed by atoms with Gasteiger partial charge in [-0.2, -0.15) is 0 Å². The maximum Gasteiger partial charge on any atom is 0.321 e. The lowest BCUT2D eigenvalue weighted by Gasteiger charge is -2.35. The van der Waals surface area contributed by atoms with Crippen LogP contribution in [0.25, 0.3) is 0 Å². The molecule has 5 heteroatoms. The van der Waals surface area contributed by atoms with Crippen molar-refractivity contribution in [3.63, 3.8) is 0 Å². The highest BCUT2D eigenvalue weighted by atomic mass is 16.2. The van der Waals surface area contributed by atoms with Gasteiger partial charge in [-0.1, -0.05) is 26.0 Å². The van der Waals surface area contributed by atoms with Crippen LogP contribution in [0.4, 0.5) is 10.5 Å². The molecule has 2 aliphatic rings. The highest BCUT2D eigenvalue weighted by Crippen LogP contribution is 2.38. The van der Waals surface area contributed by atoms with Crippen LogP contribution in [0.15, 0.2) is 30.7 Å². The molecule has 1 aromatic heterocycles. The number of anilines is 1. The average molecular weight is 352 g/mol. The van der Waals surface area contributed by atoms with Crippen LogP contribution in [0.5, 0.6) is 0 Å². The zero-order valence-electron chi connectivity index (χ0n) is 15.7. The molecule has 5 nitrogen and oxygen atoms in total. The van der Waals surface area contributed by atoms with Crippen molar-refractivity contribution < 1.29 is 4.79 Å². The molecule has 4 rings (SSSR count). The second kappa shape index (κ2) is 7.14. The van der Waals surface area contributed by atoms with Crippen molar-refractivity contribution in [2.75, 3.05) is 18.4 Å². The lowest BCUT2D eigenvalue weighted by Crippen LogP contribution is -2.44. The number of aromatic amines is 1. The number of carbonyl (C=O) groups is 1. The number of amides is 2. The Morgan fingerprint density at radius 2 is 2.08 bits per heavy atom. The van der Waals surface area contributed by atoms with Crippen molar-refractivity contribution in [3.05, 3.63) is 47.5 Å². The summed E-state index contributed by atoms with van der Waals surface area (Å²) in [5.41, 5.74) is 4.64. The van der Waals surface area contributed by atoms with Crippen LogP contribution in [0, 0.1) is 11.8 Å². The van der Waals surface area contributed by atoms with E-state index in [4.69, 9.17) is 0 Å². The second-order valence-corrected chi connectivity index (χ2v) is 8.09. The summed E-state index contributed by atoms with van der Waals surface area (Å²) < 4.78 is 0. The number of rotatable bonds is 2. The molecule has 0 saturated carbocycles. The lowest BCUT2D eigenvalue weighted by atomic mass is 9.80. The van der Waals surface area contributed by atoms with E-state index in [1.165, 1.54) is 17.5 Å². The highest BCUT2D eigenvalue weighted by Gasteiger charge is 2.28. The average Bonchev–Trinajstić information content (AvgIpc) is 3.15. The van der Waals surface area contributed by atoms with Crippen molar-refractivity contribution in [1.82, 2.24) is 14.9 Å². The first-order valence-electron chi connectivity index (χ1n) is 9.78. The number of fused-ring (bicyclic) bond motifs is 1. The topological polar surface area (TPSA) is 61.0 Å². The summed E-state index contributed by atoms with van der Waals surface area (Å²) in [6.07, 6.45) is 8.18. The van der Waals surface area contributed by atoms with Crippen molar-refractivity contribution in [2.45, 2.75) is 45.4 Å². The molecule has 26 heavy (non-hydrogen) atoms. The first-order valence-corrected chi connectivity index (χ1v) is 9.78. The van der Waals surface area contributed by atoms with Gasteiger partial charge in [-0.3, -0.25) is 0 Å². The monoisotopic (exact) mass is 352 g/mol. The maximum atomic E-state index is 12.9. The first kappa shape index (κ1) is 17.1. The lowest BCUT2D eigenvalue weighted by molar-refractivity contribution is 0.156. The van der Waals surface area contributed by atoms with Gasteiger partial charge in [0.1, 0.15) is 0 Å². The summed E-state index contributed by atoms with van der Waals surface area (Å²) in [5, 5.41) is 3.21. The summed E-state index contributed by atoms with van der Waals surface area (Å²) in [7, 11) is 0. The number of H-pyrrole nitrogens is 1. The number of hydrogen-bond donors (Lipinski definition) is 2. The van der Waals surface area contributed by atoms with Crippen LogP contribution in [0.3, 0.4) is 0 Å². The molecule has 2 amide bonds. The van der Waals surface area contributed by atoms with Gasteiger partial charge in [0, 0.05) is 30.9 Å². The molecule has 0 spiro atoms. The second-order valence-electron chi connectivity index (χ2n) is 8.09. The molecular weight excluding hydrogens is 324 g/mol. The van der Waals surface area contributed by atoms with E-state index in [2.05, 4.69) is 41.3 Å². The zero-order valence-corrected chi connectivity index (χ0v) is 15.7. The van der Waals surface area contributed by atoms with Crippen molar-refractivity contribution in [2.24, 2.45) is 11.8 Å². The van der Waals surface area contributed by atoms with Crippen molar-refractivity contribution >= 4 is 11.7 Å². The number of benzene rings is 1. The van der Waals surface area contributed by atoms with E-state index in [1.807, 2.05) is 17.2 Å². The number of hydrogen-bond acceptors (Lipinski definition) is 2. The molecule has 0 radical (unpaired) electrons. The van der Waals surface area contributed by atoms with Crippen LogP contribution in [-0.2, 0) is 6.42 Å². The fraction of sp³-hybridized carbons (Fsp3) is 0.524. The third-order valence-corrected chi connectivity index (χ3v) is 5.78. The van der Waals surface area contributed by atoms with Crippen LogP contribution in [-0.4, -0.2) is 34.0 Å². The number of aromatic nitrogens is 2. The summed E-state index contributed by atoms with van der Waals surface area (Å²) in [4.78, 5) is 22.4. The Labute approximate surface area is 155 Å². The third-order valence-electron chi connectivity index (χ3n) is 5.78. The van der Waals surface area contributed by atoms with Gasteiger partial charge in [-0.25, -0.2) is 9.78 Å². The molecular formula is C21H28N4O. The fourth-order valence-corrected chi connectivity index (χ4v) is 4.76. The predicted molar refractivity (Wildman–Crippen MR) is 103 cm³/mol. The SMILES string of the molecule is CC1CC(C)CN(C(=O)Nc2cccc3c2CCCC3c2c[nH]cn2)C1. The summed E-state index contributed by atoms with van der Waals surface area (Å²) in [6.45, 7) is 6.16.